The molecule has 0 spiro atoms. The lowest BCUT2D eigenvalue weighted by Crippen LogP contribution is -2.45. The van der Waals surface area contributed by atoms with Gasteiger partial charge in [0.05, 0.1) is 5.92 Å². The van der Waals surface area contributed by atoms with Gasteiger partial charge in [0.15, 0.2) is 0 Å². The summed E-state index contributed by atoms with van der Waals surface area (Å²) in [5, 5.41) is 0. The largest absolute Gasteiger partial charge is 0.393 e. The van der Waals surface area contributed by atoms with Crippen molar-refractivity contribution >= 4 is 5.91 Å². The van der Waals surface area contributed by atoms with E-state index in [9.17, 15) is 18.0 Å². The van der Waals surface area contributed by atoms with Crippen LogP contribution in [-0.4, -0.2) is 30.1 Å². The minimum absolute atomic E-state index is 0.142. The first-order valence-electron chi connectivity index (χ1n) is 5.94. The Morgan fingerprint density at radius 2 is 1.88 bits per heavy atom. The molecular weight excluding hydrogens is 231 g/mol. The molecule has 5 heteroatoms. The monoisotopic (exact) mass is 251 g/mol. The number of nitrogens with zero attached hydrogens (tertiary/aromatic N) is 1. The summed E-state index contributed by atoms with van der Waals surface area (Å²) < 4.78 is 37.7. The summed E-state index contributed by atoms with van der Waals surface area (Å²) in [5.74, 6) is -1.51. The number of halogens is 3. The van der Waals surface area contributed by atoms with Crippen molar-refractivity contribution in [3.63, 3.8) is 0 Å². The average Bonchev–Trinajstić information content (AvgIpc) is 2.14. The second-order valence-corrected chi connectivity index (χ2v) is 5.96. The number of hydrogen-bond acceptors (Lipinski definition) is 1. The van der Waals surface area contributed by atoms with Gasteiger partial charge in [-0.2, -0.15) is 13.2 Å². The smallest absolute Gasteiger partial charge is 0.342 e. The van der Waals surface area contributed by atoms with Gasteiger partial charge in [0.2, 0.25) is 5.91 Å². The second kappa shape index (κ2) is 4.86. The minimum atomic E-state index is -4.18. The summed E-state index contributed by atoms with van der Waals surface area (Å²) in [7, 11) is 0. The fourth-order valence-corrected chi connectivity index (χ4v) is 2.04. The van der Waals surface area contributed by atoms with E-state index >= 15 is 0 Å². The predicted octanol–water partition coefficient (Wildman–Crippen LogP) is 3.22. The van der Waals surface area contributed by atoms with Crippen LogP contribution in [0.3, 0.4) is 0 Å². The number of rotatable bonds is 1. The Kier molecular flexibility index (Phi) is 4.10. The molecule has 1 amide bonds. The molecule has 1 fully saturated rings. The molecule has 0 aromatic rings. The minimum Gasteiger partial charge on any atom is -0.342 e. The fraction of sp³-hybridized carbons (Fsp3) is 0.917. The van der Waals surface area contributed by atoms with E-state index in [-0.39, 0.29) is 24.3 Å². The van der Waals surface area contributed by atoms with E-state index in [4.69, 9.17) is 0 Å². The molecule has 1 heterocycles. The molecule has 1 aliphatic heterocycles. The van der Waals surface area contributed by atoms with Gasteiger partial charge in [0.25, 0.3) is 0 Å². The van der Waals surface area contributed by atoms with Gasteiger partial charge in [-0.1, -0.05) is 20.8 Å². The fourth-order valence-electron chi connectivity index (χ4n) is 2.04. The van der Waals surface area contributed by atoms with E-state index in [1.54, 1.807) is 0 Å². The highest BCUT2D eigenvalue weighted by atomic mass is 19.4. The number of amides is 1. The number of carbonyl (C=O) groups is 1. The molecule has 0 aromatic heterocycles. The van der Waals surface area contributed by atoms with Crippen LogP contribution in [0.25, 0.3) is 0 Å². The van der Waals surface area contributed by atoms with E-state index in [1.165, 1.54) is 4.90 Å². The summed E-state index contributed by atoms with van der Waals surface area (Å²) in [6.45, 7) is 6.03. The molecule has 0 N–H and O–H groups in total. The second-order valence-electron chi connectivity index (χ2n) is 5.96. The maximum atomic E-state index is 12.6. The van der Waals surface area contributed by atoms with Crippen LogP contribution in [0, 0.1) is 11.3 Å². The molecule has 100 valence electrons. The van der Waals surface area contributed by atoms with Crippen LogP contribution in [0.4, 0.5) is 13.2 Å². The van der Waals surface area contributed by atoms with Crippen LogP contribution in [0.5, 0.6) is 0 Å². The molecule has 0 unspecified atom stereocenters. The molecule has 2 nitrogen and oxygen atoms in total. The Hall–Kier alpha value is -0.740. The van der Waals surface area contributed by atoms with E-state index in [2.05, 4.69) is 0 Å². The third-order valence-corrected chi connectivity index (χ3v) is 2.92. The summed E-state index contributed by atoms with van der Waals surface area (Å²) in [4.78, 5) is 13.2. The zero-order valence-electron chi connectivity index (χ0n) is 10.6. The van der Waals surface area contributed by atoms with Crippen molar-refractivity contribution in [2.45, 2.75) is 46.2 Å². The van der Waals surface area contributed by atoms with Crippen molar-refractivity contribution in [3.8, 4) is 0 Å². The highest BCUT2D eigenvalue weighted by Crippen LogP contribution is 2.33. The maximum Gasteiger partial charge on any atom is 0.393 e. The van der Waals surface area contributed by atoms with Crippen LogP contribution >= 0.6 is 0 Å². The van der Waals surface area contributed by atoms with Gasteiger partial charge >= 0.3 is 6.18 Å². The third kappa shape index (κ3) is 4.56. The van der Waals surface area contributed by atoms with Crippen LogP contribution in [0.1, 0.15) is 40.0 Å². The van der Waals surface area contributed by atoms with Gasteiger partial charge in [0.1, 0.15) is 0 Å². The molecule has 0 saturated carbocycles. The number of alkyl halides is 3. The summed E-state index contributed by atoms with van der Waals surface area (Å²) in [6, 6.07) is 0. The van der Waals surface area contributed by atoms with Crippen molar-refractivity contribution in [1.82, 2.24) is 4.90 Å². The molecule has 17 heavy (non-hydrogen) atoms. The Morgan fingerprint density at radius 1 is 1.29 bits per heavy atom. The number of hydrogen-bond donors (Lipinski definition) is 0. The Labute approximate surface area is 100 Å². The van der Waals surface area contributed by atoms with E-state index in [0.29, 0.717) is 19.4 Å². The zero-order valence-corrected chi connectivity index (χ0v) is 10.6. The van der Waals surface area contributed by atoms with Crippen molar-refractivity contribution in [3.05, 3.63) is 0 Å². The molecule has 1 rings (SSSR count). The number of likely N-dealkylation sites (tertiary alicyclic amines) is 1. The average molecular weight is 251 g/mol. The highest BCUT2D eigenvalue weighted by molar-refractivity contribution is 5.76. The lowest BCUT2D eigenvalue weighted by atomic mass is 9.90. The molecule has 0 aromatic carbocycles. The molecule has 1 saturated heterocycles. The quantitative estimate of drug-likeness (QED) is 0.700. The van der Waals surface area contributed by atoms with E-state index < -0.39 is 12.1 Å². The van der Waals surface area contributed by atoms with Crippen molar-refractivity contribution in [2.24, 2.45) is 11.3 Å². The molecule has 1 atom stereocenters. The molecule has 0 bridgehead atoms. The Balaban J connectivity index is 2.58. The lowest BCUT2D eigenvalue weighted by Gasteiger charge is -2.35. The third-order valence-electron chi connectivity index (χ3n) is 2.92. The van der Waals surface area contributed by atoms with Gasteiger partial charge in [-0.05, 0) is 18.3 Å². The zero-order chi connectivity index (χ0) is 13.3. The van der Waals surface area contributed by atoms with Gasteiger partial charge in [-0.15, -0.1) is 0 Å². The first-order chi connectivity index (χ1) is 7.59. The Bertz CT molecular complexity index is 280. The normalized spacial score (nSPS) is 22.7. The molecular formula is C12H20F3NO. The van der Waals surface area contributed by atoms with Crippen LogP contribution in [0.2, 0.25) is 0 Å². The summed E-state index contributed by atoms with van der Waals surface area (Å²) in [6.07, 6.45) is -3.29. The topological polar surface area (TPSA) is 20.3 Å². The number of carbonyl (C=O) groups excluding carboxylic acids is 1. The van der Waals surface area contributed by atoms with Gasteiger partial charge in [-0.3, -0.25) is 4.79 Å². The predicted molar refractivity (Wildman–Crippen MR) is 59.4 cm³/mol. The van der Waals surface area contributed by atoms with Gasteiger partial charge in [-0.25, -0.2) is 0 Å². The lowest BCUT2D eigenvalue weighted by molar-refractivity contribution is -0.188. The number of piperidine rings is 1. The summed E-state index contributed by atoms with van der Waals surface area (Å²) in [5.41, 5.74) is -0.178. The SMILES string of the molecule is CC(C)(C)CC(=O)N1CCC[C@H](C(F)(F)F)C1. The standard InChI is InChI=1S/C12H20F3NO/c1-11(2,3)7-10(17)16-6-4-5-9(8-16)12(13,14)15/h9H,4-8H2,1-3H3/t9-/m0/s1. The Morgan fingerprint density at radius 3 is 2.35 bits per heavy atom. The van der Waals surface area contributed by atoms with Crippen molar-refractivity contribution in [2.75, 3.05) is 13.1 Å². The first-order valence-corrected chi connectivity index (χ1v) is 5.94. The molecule has 0 radical (unpaired) electrons. The first kappa shape index (κ1) is 14.3. The summed E-state index contributed by atoms with van der Waals surface area (Å²) >= 11 is 0. The van der Waals surface area contributed by atoms with E-state index in [1.807, 2.05) is 20.8 Å². The van der Waals surface area contributed by atoms with E-state index in [0.717, 1.165) is 0 Å². The van der Waals surface area contributed by atoms with Gasteiger partial charge < -0.3 is 4.90 Å². The highest BCUT2D eigenvalue weighted by Gasteiger charge is 2.42. The van der Waals surface area contributed by atoms with Crippen LogP contribution in [-0.2, 0) is 4.79 Å². The van der Waals surface area contributed by atoms with Crippen LogP contribution in [0.15, 0.2) is 0 Å². The van der Waals surface area contributed by atoms with Crippen LogP contribution < -0.4 is 0 Å². The van der Waals surface area contributed by atoms with Crippen molar-refractivity contribution < 1.29 is 18.0 Å². The van der Waals surface area contributed by atoms with Crippen molar-refractivity contribution in [1.29, 1.82) is 0 Å². The van der Waals surface area contributed by atoms with Gasteiger partial charge in [0, 0.05) is 19.5 Å². The molecule has 1 aliphatic rings. The maximum absolute atomic E-state index is 12.6. The molecule has 0 aliphatic carbocycles.